The quantitative estimate of drug-likeness (QED) is 0.745. The summed E-state index contributed by atoms with van der Waals surface area (Å²) in [5, 5.41) is 2.77. The third-order valence-corrected chi connectivity index (χ3v) is 8.81. The number of hydrogen-bond donors (Lipinski definition) is 1. The van der Waals surface area contributed by atoms with Gasteiger partial charge in [-0.15, -0.1) is 0 Å². The fourth-order valence-corrected chi connectivity index (χ4v) is 7.32. The molecular weight excluding hydrogens is 362 g/mol. The zero-order valence-electron chi connectivity index (χ0n) is 17.9. The molecule has 2 fully saturated rings. The highest BCUT2D eigenvalue weighted by molar-refractivity contribution is 5.67. The van der Waals surface area contributed by atoms with Gasteiger partial charge in [-0.1, -0.05) is 25.5 Å². The van der Waals surface area contributed by atoms with Crippen molar-refractivity contribution in [1.29, 1.82) is 0 Å². The van der Waals surface area contributed by atoms with Gasteiger partial charge < -0.3 is 10.1 Å². The summed E-state index contributed by atoms with van der Waals surface area (Å²) in [7, 11) is 0. The Balaban J connectivity index is 1.38. The second kappa shape index (κ2) is 6.82. The minimum absolute atomic E-state index is 0.0253. The maximum Gasteiger partial charge on any atom is 0.407 e. The molecule has 5 rings (SSSR count). The summed E-state index contributed by atoms with van der Waals surface area (Å²) in [6.45, 7) is 7.48. The lowest BCUT2D eigenvalue weighted by Gasteiger charge is -2.57. The highest BCUT2D eigenvalue weighted by Gasteiger charge is 2.58. The lowest BCUT2D eigenvalue weighted by atomic mass is 9.48. The summed E-state index contributed by atoms with van der Waals surface area (Å²) in [6.07, 6.45) is 13.8. The fourth-order valence-electron chi connectivity index (χ4n) is 7.32. The fraction of sp³-hybridized carbons (Fsp3) is 0.708. The third kappa shape index (κ3) is 2.83. The van der Waals surface area contributed by atoms with Gasteiger partial charge in [0.25, 0.3) is 0 Å². The van der Waals surface area contributed by atoms with E-state index in [0.717, 1.165) is 43.9 Å². The highest BCUT2D eigenvalue weighted by Crippen LogP contribution is 2.63. The standard InChI is InChI=1S/C24H33N3O2/c1-4-26-22(28)29-17-7-9-23(2)16(12-17)5-6-18-19(23)8-10-24(3)20(18)11-15-13-25-14-27-21(15)24/h5,13-14,17-20H,4,6-12H2,1-3H3,(H,26,28)/t17-,18+,19-,20-,23-,24-/m0/s1. The number of nitrogens with zero attached hydrogens (tertiary/aromatic N) is 2. The predicted octanol–water partition coefficient (Wildman–Crippen LogP) is 4.57. The molecule has 5 nitrogen and oxygen atoms in total. The topological polar surface area (TPSA) is 64.1 Å². The molecule has 1 aromatic heterocycles. The van der Waals surface area contributed by atoms with Gasteiger partial charge in [0, 0.05) is 24.6 Å². The molecule has 0 aliphatic heterocycles. The van der Waals surface area contributed by atoms with Crippen LogP contribution in [0.3, 0.4) is 0 Å². The summed E-state index contributed by atoms with van der Waals surface area (Å²) in [5.41, 5.74) is 4.69. The first-order valence-electron chi connectivity index (χ1n) is 11.4. The van der Waals surface area contributed by atoms with E-state index in [0.29, 0.717) is 12.5 Å². The Morgan fingerprint density at radius 2 is 2.03 bits per heavy atom. The van der Waals surface area contributed by atoms with E-state index in [4.69, 9.17) is 9.72 Å². The molecule has 1 N–H and O–H groups in total. The van der Waals surface area contributed by atoms with Crippen molar-refractivity contribution in [2.75, 3.05) is 6.54 Å². The van der Waals surface area contributed by atoms with Gasteiger partial charge in [0.05, 0.1) is 5.69 Å². The number of allylic oxidation sites excluding steroid dienone is 1. The molecular formula is C24H33N3O2. The monoisotopic (exact) mass is 395 g/mol. The molecule has 1 aromatic rings. The van der Waals surface area contributed by atoms with Gasteiger partial charge in [0.1, 0.15) is 12.4 Å². The van der Waals surface area contributed by atoms with Crippen LogP contribution in [-0.4, -0.2) is 28.7 Å². The van der Waals surface area contributed by atoms with Crippen LogP contribution < -0.4 is 5.32 Å². The first kappa shape index (κ1) is 19.1. The van der Waals surface area contributed by atoms with Crippen LogP contribution in [0, 0.1) is 23.2 Å². The molecule has 0 saturated heterocycles. The number of amides is 1. The number of carbonyl (C=O) groups is 1. The van der Waals surface area contributed by atoms with Crippen molar-refractivity contribution in [3.63, 3.8) is 0 Å². The van der Waals surface area contributed by atoms with Crippen LogP contribution in [-0.2, 0) is 16.6 Å². The first-order valence-corrected chi connectivity index (χ1v) is 11.4. The van der Waals surface area contributed by atoms with Crippen molar-refractivity contribution in [3.05, 3.63) is 35.4 Å². The lowest BCUT2D eigenvalue weighted by Crippen LogP contribution is -2.51. The Bertz CT molecular complexity index is 852. The summed E-state index contributed by atoms with van der Waals surface area (Å²) in [5.74, 6) is 2.12. The normalized spacial score (nSPS) is 40.0. The lowest BCUT2D eigenvalue weighted by molar-refractivity contribution is -0.0198. The van der Waals surface area contributed by atoms with E-state index in [-0.39, 0.29) is 23.0 Å². The zero-order chi connectivity index (χ0) is 20.2. The van der Waals surface area contributed by atoms with Crippen LogP contribution in [0.15, 0.2) is 24.2 Å². The number of hydrogen-bond acceptors (Lipinski definition) is 4. The summed E-state index contributed by atoms with van der Waals surface area (Å²) >= 11 is 0. The van der Waals surface area contributed by atoms with E-state index in [1.165, 1.54) is 24.1 Å². The molecule has 1 amide bonds. The predicted molar refractivity (Wildman–Crippen MR) is 111 cm³/mol. The average molecular weight is 396 g/mol. The molecule has 0 spiro atoms. The van der Waals surface area contributed by atoms with Gasteiger partial charge in [-0.05, 0) is 74.2 Å². The van der Waals surface area contributed by atoms with Gasteiger partial charge >= 0.3 is 6.09 Å². The molecule has 0 aromatic carbocycles. The third-order valence-electron chi connectivity index (χ3n) is 8.81. The van der Waals surface area contributed by atoms with E-state index >= 15 is 0 Å². The molecule has 156 valence electrons. The van der Waals surface area contributed by atoms with Crippen LogP contribution in [0.25, 0.3) is 0 Å². The maximum absolute atomic E-state index is 11.9. The number of ether oxygens (including phenoxy) is 1. The van der Waals surface area contributed by atoms with Crippen molar-refractivity contribution >= 4 is 6.09 Å². The average Bonchev–Trinajstić information content (AvgIpc) is 3.01. The number of alkyl carbamates (subject to hydrolysis) is 1. The van der Waals surface area contributed by atoms with Crippen molar-refractivity contribution in [2.45, 2.75) is 77.2 Å². The van der Waals surface area contributed by atoms with Gasteiger partial charge in [-0.3, -0.25) is 0 Å². The second-order valence-electron chi connectivity index (χ2n) is 10.1. The van der Waals surface area contributed by atoms with Crippen LogP contribution in [0.5, 0.6) is 0 Å². The van der Waals surface area contributed by atoms with Crippen molar-refractivity contribution in [3.8, 4) is 0 Å². The van der Waals surface area contributed by atoms with E-state index < -0.39 is 0 Å². The molecule has 5 heteroatoms. The van der Waals surface area contributed by atoms with Crippen molar-refractivity contribution in [1.82, 2.24) is 15.3 Å². The smallest absolute Gasteiger partial charge is 0.407 e. The molecule has 6 atom stereocenters. The Morgan fingerprint density at radius 1 is 1.21 bits per heavy atom. The van der Waals surface area contributed by atoms with E-state index in [1.807, 2.05) is 6.92 Å². The Morgan fingerprint density at radius 3 is 2.86 bits per heavy atom. The second-order valence-corrected chi connectivity index (χ2v) is 10.1. The maximum atomic E-state index is 11.9. The Labute approximate surface area is 173 Å². The van der Waals surface area contributed by atoms with Crippen LogP contribution in [0.4, 0.5) is 4.79 Å². The van der Waals surface area contributed by atoms with Gasteiger partial charge in [-0.25, -0.2) is 14.8 Å². The number of carbonyl (C=O) groups excluding carboxylic acids is 1. The molecule has 29 heavy (non-hydrogen) atoms. The Hall–Kier alpha value is -1.91. The first-order chi connectivity index (χ1) is 14.0. The molecule has 4 aliphatic rings. The zero-order valence-corrected chi connectivity index (χ0v) is 17.9. The van der Waals surface area contributed by atoms with E-state index in [1.54, 1.807) is 11.9 Å². The molecule has 0 radical (unpaired) electrons. The molecule has 0 unspecified atom stereocenters. The van der Waals surface area contributed by atoms with Crippen LogP contribution in [0.2, 0.25) is 0 Å². The van der Waals surface area contributed by atoms with E-state index in [2.05, 4.69) is 36.4 Å². The SMILES string of the molecule is CCNC(=O)O[C@H]1CC[C@@]2(C)C(=CC[C@@H]3[C@@H]2CC[C@]2(C)c4ncncc4C[C@@H]32)C1. The van der Waals surface area contributed by atoms with Crippen LogP contribution >= 0.6 is 0 Å². The minimum Gasteiger partial charge on any atom is -0.446 e. The summed E-state index contributed by atoms with van der Waals surface area (Å²) in [4.78, 5) is 20.9. The Kier molecular flexibility index (Phi) is 4.48. The molecule has 1 heterocycles. The molecule has 4 aliphatic carbocycles. The van der Waals surface area contributed by atoms with Gasteiger partial charge in [-0.2, -0.15) is 0 Å². The van der Waals surface area contributed by atoms with Crippen molar-refractivity contribution < 1.29 is 9.53 Å². The van der Waals surface area contributed by atoms with Gasteiger partial charge in [0.2, 0.25) is 0 Å². The number of fused-ring (bicyclic) bond motifs is 7. The summed E-state index contributed by atoms with van der Waals surface area (Å²) in [6, 6.07) is 0. The summed E-state index contributed by atoms with van der Waals surface area (Å²) < 4.78 is 5.68. The number of aromatic nitrogens is 2. The number of nitrogens with one attached hydrogen (secondary N) is 1. The minimum atomic E-state index is -0.270. The van der Waals surface area contributed by atoms with Gasteiger partial charge in [0.15, 0.2) is 0 Å². The number of rotatable bonds is 2. The van der Waals surface area contributed by atoms with Crippen molar-refractivity contribution in [2.24, 2.45) is 23.2 Å². The van der Waals surface area contributed by atoms with E-state index in [9.17, 15) is 4.79 Å². The highest BCUT2D eigenvalue weighted by atomic mass is 16.6. The van der Waals surface area contributed by atoms with Crippen LogP contribution in [0.1, 0.15) is 70.6 Å². The molecule has 0 bridgehead atoms. The molecule has 2 saturated carbocycles. The largest absolute Gasteiger partial charge is 0.446 e.